The fourth-order valence-corrected chi connectivity index (χ4v) is 2.50. The van der Waals surface area contributed by atoms with Gasteiger partial charge in [-0.3, -0.25) is 4.79 Å². The van der Waals surface area contributed by atoms with Crippen molar-refractivity contribution in [2.45, 2.75) is 31.1 Å². The maximum Gasteiger partial charge on any atom is 0.451 e. The molecule has 0 unspecified atom stereocenters. The van der Waals surface area contributed by atoms with E-state index in [0.29, 0.717) is 25.8 Å². The standard InChI is InChI=1S/C9H19BN2O4/c11-5-7-4-9(12,8(13)14)3-6(7)1-2-10(15)16/h6-7,15-16H,1-5,11-12H2,(H,13,14)/t6-,7+,9-/m0/s1. The summed E-state index contributed by atoms with van der Waals surface area (Å²) in [6.07, 6.45) is 1.50. The number of aliphatic carboxylic acids is 1. The summed E-state index contributed by atoms with van der Waals surface area (Å²) in [5.74, 6) is -0.884. The molecular formula is C9H19BN2O4. The van der Waals surface area contributed by atoms with Crippen molar-refractivity contribution < 1.29 is 19.9 Å². The minimum atomic E-state index is -1.35. The summed E-state index contributed by atoms with van der Waals surface area (Å²) in [7, 11) is -1.35. The second-order valence-electron chi connectivity index (χ2n) is 4.68. The molecule has 0 aliphatic heterocycles. The second-order valence-corrected chi connectivity index (χ2v) is 4.68. The van der Waals surface area contributed by atoms with Gasteiger partial charge in [0.15, 0.2) is 0 Å². The number of hydrogen-bond acceptors (Lipinski definition) is 5. The van der Waals surface area contributed by atoms with E-state index in [4.69, 9.17) is 26.6 Å². The molecule has 0 amide bonds. The Bertz CT molecular complexity index is 264. The van der Waals surface area contributed by atoms with Crippen LogP contribution >= 0.6 is 0 Å². The highest BCUT2D eigenvalue weighted by Gasteiger charge is 2.47. The molecule has 1 aliphatic carbocycles. The van der Waals surface area contributed by atoms with Gasteiger partial charge < -0.3 is 26.6 Å². The van der Waals surface area contributed by atoms with Gasteiger partial charge in [0.25, 0.3) is 0 Å². The Balaban J connectivity index is 2.60. The molecule has 1 rings (SSSR count). The number of carbonyl (C=O) groups is 1. The van der Waals surface area contributed by atoms with Crippen LogP contribution in [0.4, 0.5) is 0 Å². The van der Waals surface area contributed by atoms with E-state index >= 15 is 0 Å². The van der Waals surface area contributed by atoms with Gasteiger partial charge in [-0.25, -0.2) is 0 Å². The lowest BCUT2D eigenvalue weighted by Gasteiger charge is -2.17. The lowest BCUT2D eigenvalue weighted by atomic mass is 9.78. The summed E-state index contributed by atoms with van der Waals surface area (Å²) in [4.78, 5) is 11.0. The molecule has 7 N–H and O–H groups in total. The van der Waals surface area contributed by atoms with Crippen molar-refractivity contribution in [3.63, 3.8) is 0 Å². The van der Waals surface area contributed by atoms with Crippen LogP contribution in [0.5, 0.6) is 0 Å². The highest BCUT2D eigenvalue weighted by molar-refractivity contribution is 6.40. The number of carboxylic acids is 1. The highest BCUT2D eigenvalue weighted by Crippen LogP contribution is 2.40. The quantitative estimate of drug-likeness (QED) is 0.370. The van der Waals surface area contributed by atoms with Gasteiger partial charge in [0, 0.05) is 0 Å². The monoisotopic (exact) mass is 230 g/mol. The molecule has 1 saturated carbocycles. The zero-order valence-corrected chi connectivity index (χ0v) is 9.17. The minimum Gasteiger partial charge on any atom is -0.480 e. The molecule has 1 aliphatic rings. The number of hydrogen-bond donors (Lipinski definition) is 5. The third-order valence-corrected chi connectivity index (χ3v) is 3.44. The molecule has 0 aromatic carbocycles. The van der Waals surface area contributed by atoms with E-state index < -0.39 is 18.6 Å². The normalized spacial score (nSPS) is 34.0. The van der Waals surface area contributed by atoms with Gasteiger partial charge in [-0.2, -0.15) is 0 Å². The van der Waals surface area contributed by atoms with Crippen LogP contribution in [-0.4, -0.2) is 40.3 Å². The zero-order valence-electron chi connectivity index (χ0n) is 9.17. The topological polar surface area (TPSA) is 130 Å². The molecule has 0 bridgehead atoms. The first kappa shape index (κ1) is 13.4. The van der Waals surface area contributed by atoms with E-state index in [-0.39, 0.29) is 18.2 Å². The first-order valence-electron chi connectivity index (χ1n) is 5.47. The molecule has 3 atom stereocenters. The minimum absolute atomic E-state index is 0.0554. The van der Waals surface area contributed by atoms with Crippen molar-refractivity contribution in [1.29, 1.82) is 0 Å². The first-order chi connectivity index (χ1) is 7.39. The van der Waals surface area contributed by atoms with Crippen molar-refractivity contribution in [2.24, 2.45) is 23.3 Å². The van der Waals surface area contributed by atoms with Gasteiger partial charge in [-0.05, 0) is 37.5 Å². The van der Waals surface area contributed by atoms with Crippen LogP contribution in [0.2, 0.25) is 6.32 Å². The van der Waals surface area contributed by atoms with Crippen molar-refractivity contribution in [3.05, 3.63) is 0 Å². The molecule has 6 nitrogen and oxygen atoms in total. The van der Waals surface area contributed by atoms with E-state index in [1.165, 1.54) is 0 Å². The lowest BCUT2D eigenvalue weighted by Crippen LogP contribution is -2.45. The Morgan fingerprint density at radius 3 is 2.38 bits per heavy atom. The molecule has 7 heteroatoms. The number of carboxylic acid groups (broad SMARTS) is 1. The summed E-state index contributed by atoms with van der Waals surface area (Å²) in [5, 5.41) is 26.6. The van der Waals surface area contributed by atoms with Crippen molar-refractivity contribution in [3.8, 4) is 0 Å². The molecule has 0 aromatic heterocycles. The largest absolute Gasteiger partial charge is 0.480 e. The molecule has 0 saturated heterocycles. The van der Waals surface area contributed by atoms with E-state index in [0.717, 1.165) is 0 Å². The molecular weight excluding hydrogens is 211 g/mol. The van der Waals surface area contributed by atoms with Crippen molar-refractivity contribution in [2.75, 3.05) is 6.54 Å². The van der Waals surface area contributed by atoms with Gasteiger partial charge in [0.1, 0.15) is 5.54 Å². The number of rotatable bonds is 5. The first-order valence-corrected chi connectivity index (χ1v) is 5.47. The van der Waals surface area contributed by atoms with Crippen molar-refractivity contribution in [1.82, 2.24) is 0 Å². The molecule has 0 spiro atoms. The third kappa shape index (κ3) is 2.94. The van der Waals surface area contributed by atoms with E-state index in [2.05, 4.69) is 0 Å². The van der Waals surface area contributed by atoms with Gasteiger partial charge in [-0.1, -0.05) is 6.42 Å². The van der Waals surface area contributed by atoms with Gasteiger partial charge in [0.2, 0.25) is 0 Å². The number of nitrogens with two attached hydrogens (primary N) is 2. The summed E-state index contributed by atoms with van der Waals surface area (Å²) in [6, 6.07) is 0. The highest BCUT2D eigenvalue weighted by atomic mass is 16.4. The predicted molar refractivity (Wildman–Crippen MR) is 59.4 cm³/mol. The third-order valence-electron chi connectivity index (χ3n) is 3.44. The van der Waals surface area contributed by atoms with Crippen molar-refractivity contribution >= 4 is 13.1 Å². The van der Waals surface area contributed by atoms with Crippen LogP contribution in [0.3, 0.4) is 0 Å². The summed E-state index contributed by atoms with van der Waals surface area (Å²) < 4.78 is 0. The average molecular weight is 230 g/mol. The second kappa shape index (κ2) is 5.14. The fourth-order valence-electron chi connectivity index (χ4n) is 2.50. The van der Waals surface area contributed by atoms with Crippen LogP contribution in [0.1, 0.15) is 19.3 Å². The van der Waals surface area contributed by atoms with Crippen LogP contribution in [0.25, 0.3) is 0 Å². The van der Waals surface area contributed by atoms with E-state index in [9.17, 15) is 4.79 Å². The van der Waals surface area contributed by atoms with Gasteiger partial charge in [-0.15, -0.1) is 0 Å². The average Bonchev–Trinajstić information content (AvgIpc) is 2.53. The Morgan fingerprint density at radius 1 is 1.38 bits per heavy atom. The van der Waals surface area contributed by atoms with Crippen LogP contribution in [0, 0.1) is 11.8 Å². The molecule has 92 valence electrons. The Morgan fingerprint density at radius 2 is 1.94 bits per heavy atom. The summed E-state index contributed by atoms with van der Waals surface area (Å²) >= 11 is 0. The van der Waals surface area contributed by atoms with Crippen LogP contribution in [-0.2, 0) is 4.79 Å². The summed E-state index contributed by atoms with van der Waals surface area (Å²) in [5.41, 5.74) is 10.2. The Hall–Kier alpha value is -0.625. The van der Waals surface area contributed by atoms with Crippen LogP contribution in [0.15, 0.2) is 0 Å². The SMILES string of the molecule is NC[C@H]1C[C@](N)(C(=O)O)C[C@@H]1CCB(O)O. The maximum absolute atomic E-state index is 11.0. The maximum atomic E-state index is 11.0. The predicted octanol–water partition coefficient (Wildman–Crippen LogP) is -1.38. The molecule has 1 fully saturated rings. The van der Waals surface area contributed by atoms with Gasteiger partial charge >= 0.3 is 13.1 Å². The molecule has 0 aromatic rings. The zero-order chi connectivity index (χ0) is 12.3. The molecule has 16 heavy (non-hydrogen) atoms. The summed E-state index contributed by atoms with van der Waals surface area (Å²) in [6.45, 7) is 0.387. The van der Waals surface area contributed by atoms with Gasteiger partial charge in [0.05, 0.1) is 0 Å². The Labute approximate surface area is 94.8 Å². The smallest absolute Gasteiger partial charge is 0.451 e. The van der Waals surface area contributed by atoms with E-state index in [1.807, 2.05) is 0 Å². The fraction of sp³-hybridized carbons (Fsp3) is 0.889. The lowest BCUT2D eigenvalue weighted by molar-refractivity contribution is -0.143. The Kier molecular flexibility index (Phi) is 4.31. The van der Waals surface area contributed by atoms with E-state index in [1.54, 1.807) is 0 Å². The molecule has 0 heterocycles. The molecule has 0 radical (unpaired) electrons. The van der Waals surface area contributed by atoms with Crippen LogP contribution < -0.4 is 11.5 Å².